The van der Waals surface area contributed by atoms with E-state index in [0.717, 1.165) is 0 Å². The van der Waals surface area contributed by atoms with Crippen LogP contribution >= 0.6 is 0 Å². The summed E-state index contributed by atoms with van der Waals surface area (Å²) in [5.74, 6) is 0.252. The molecule has 96 valence electrons. The molecule has 1 heterocycles. The molecule has 1 unspecified atom stereocenters. The lowest BCUT2D eigenvalue weighted by Crippen LogP contribution is -2.39. The first-order valence-electron chi connectivity index (χ1n) is 5.68. The molecule has 1 fully saturated rings. The van der Waals surface area contributed by atoms with Gasteiger partial charge in [-0.05, 0) is 12.1 Å². The van der Waals surface area contributed by atoms with Gasteiger partial charge in [-0.25, -0.2) is 0 Å². The lowest BCUT2D eigenvalue weighted by Gasteiger charge is -2.11. The molecule has 2 amide bonds. The number of amides is 2. The molecule has 0 spiro atoms. The first-order valence-corrected chi connectivity index (χ1v) is 5.68. The Labute approximate surface area is 104 Å². The third-order valence-corrected chi connectivity index (χ3v) is 2.57. The summed E-state index contributed by atoms with van der Waals surface area (Å²) in [4.78, 5) is 22.5. The molecule has 0 aliphatic carbocycles. The van der Waals surface area contributed by atoms with Crippen LogP contribution in [0.4, 0.5) is 5.69 Å². The van der Waals surface area contributed by atoms with Gasteiger partial charge >= 0.3 is 0 Å². The highest BCUT2D eigenvalue weighted by Gasteiger charge is 2.22. The second kappa shape index (κ2) is 5.39. The van der Waals surface area contributed by atoms with Crippen LogP contribution in [0.15, 0.2) is 24.3 Å². The maximum absolute atomic E-state index is 11.6. The van der Waals surface area contributed by atoms with Gasteiger partial charge in [0.15, 0.2) is 6.61 Å². The monoisotopic (exact) mass is 249 g/mol. The minimum Gasteiger partial charge on any atom is -0.484 e. The summed E-state index contributed by atoms with van der Waals surface area (Å²) in [6, 6.07) is 6.72. The number of nitrogen functional groups attached to an aromatic ring is 1. The minimum absolute atomic E-state index is 0.0444. The highest BCUT2D eigenvalue weighted by Crippen LogP contribution is 2.14. The number of carbonyl (C=O) groups excluding carboxylic acids is 2. The van der Waals surface area contributed by atoms with Crippen molar-refractivity contribution in [3.8, 4) is 5.75 Å². The van der Waals surface area contributed by atoms with Crippen LogP contribution in [-0.4, -0.2) is 31.0 Å². The molecule has 1 aliphatic heterocycles. The Bertz CT molecular complexity index is 462. The van der Waals surface area contributed by atoms with Crippen LogP contribution in [0.3, 0.4) is 0 Å². The zero-order valence-corrected chi connectivity index (χ0v) is 9.81. The summed E-state index contributed by atoms with van der Waals surface area (Å²) in [6.07, 6.45) is 0.323. The topological polar surface area (TPSA) is 93.4 Å². The number of anilines is 1. The summed E-state index contributed by atoms with van der Waals surface area (Å²) in [7, 11) is 0. The molecular weight excluding hydrogens is 234 g/mol. The standard InChI is InChI=1S/C12H15N3O3/c13-8-2-1-3-10(4-8)18-7-12(17)15-9-5-11(16)14-6-9/h1-4,9H,5-7,13H2,(H,14,16)(H,15,17). The van der Waals surface area contributed by atoms with Crippen molar-refractivity contribution in [1.82, 2.24) is 10.6 Å². The fourth-order valence-corrected chi connectivity index (χ4v) is 1.73. The molecule has 0 bridgehead atoms. The summed E-state index contributed by atoms with van der Waals surface area (Å²) in [5, 5.41) is 5.36. The van der Waals surface area contributed by atoms with Crippen molar-refractivity contribution < 1.29 is 14.3 Å². The van der Waals surface area contributed by atoms with Gasteiger partial charge < -0.3 is 21.1 Å². The molecule has 4 N–H and O–H groups in total. The molecule has 18 heavy (non-hydrogen) atoms. The predicted molar refractivity (Wildman–Crippen MR) is 65.9 cm³/mol. The average molecular weight is 249 g/mol. The van der Waals surface area contributed by atoms with Crippen LogP contribution in [0.5, 0.6) is 5.75 Å². The van der Waals surface area contributed by atoms with E-state index in [1.165, 1.54) is 0 Å². The maximum Gasteiger partial charge on any atom is 0.258 e. The number of benzene rings is 1. The van der Waals surface area contributed by atoms with E-state index in [1.54, 1.807) is 24.3 Å². The number of rotatable bonds is 4. The number of ether oxygens (including phenoxy) is 1. The van der Waals surface area contributed by atoms with E-state index < -0.39 is 0 Å². The number of hydrogen-bond donors (Lipinski definition) is 3. The van der Waals surface area contributed by atoms with Crippen LogP contribution in [0.25, 0.3) is 0 Å². The van der Waals surface area contributed by atoms with Crippen LogP contribution in [-0.2, 0) is 9.59 Å². The molecule has 1 atom stereocenters. The zero-order chi connectivity index (χ0) is 13.0. The second-order valence-corrected chi connectivity index (χ2v) is 4.13. The van der Waals surface area contributed by atoms with Gasteiger partial charge in [-0.15, -0.1) is 0 Å². The van der Waals surface area contributed by atoms with Gasteiger partial charge in [0.2, 0.25) is 5.91 Å². The predicted octanol–water partition coefficient (Wildman–Crippen LogP) is -0.348. The van der Waals surface area contributed by atoms with Gasteiger partial charge in [-0.2, -0.15) is 0 Å². The Morgan fingerprint density at radius 3 is 3.06 bits per heavy atom. The first kappa shape index (κ1) is 12.2. The van der Waals surface area contributed by atoms with Crippen molar-refractivity contribution in [2.45, 2.75) is 12.5 Å². The minimum atomic E-state index is -0.251. The van der Waals surface area contributed by atoms with Crippen molar-refractivity contribution in [3.63, 3.8) is 0 Å². The molecule has 0 radical (unpaired) electrons. The quantitative estimate of drug-likeness (QED) is 0.636. The normalized spacial score (nSPS) is 18.2. The number of nitrogens with one attached hydrogen (secondary N) is 2. The number of hydrogen-bond acceptors (Lipinski definition) is 4. The molecule has 2 rings (SSSR count). The Morgan fingerprint density at radius 1 is 1.56 bits per heavy atom. The third-order valence-electron chi connectivity index (χ3n) is 2.57. The van der Waals surface area contributed by atoms with Crippen molar-refractivity contribution in [2.75, 3.05) is 18.9 Å². The SMILES string of the molecule is Nc1cccc(OCC(=O)NC2CNC(=O)C2)c1. The fourth-order valence-electron chi connectivity index (χ4n) is 1.73. The van der Waals surface area contributed by atoms with Crippen LogP contribution in [0, 0.1) is 0 Å². The average Bonchev–Trinajstić information content (AvgIpc) is 2.72. The number of carbonyl (C=O) groups is 2. The third kappa shape index (κ3) is 3.38. The van der Waals surface area contributed by atoms with Gasteiger partial charge in [0.1, 0.15) is 5.75 Å². The Balaban J connectivity index is 1.76. The highest BCUT2D eigenvalue weighted by atomic mass is 16.5. The van der Waals surface area contributed by atoms with Crippen LogP contribution in [0.1, 0.15) is 6.42 Å². The molecule has 0 aromatic heterocycles. The van der Waals surface area contributed by atoms with Crippen molar-refractivity contribution >= 4 is 17.5 Å². The van der Waals surface area contributed by atoms with E-state index in [2.05, 4.69) is 10.6 Å². The highest BCUT2D eigenvalue weighted by molar-refractivity contribution is 5.82. The summed E-state index contributed by atoms with van der Waals surface area (Å²) in [6.45, 7) is 0.386. The Morgan fingerprint density at radius 2 is 2.39 bits per heavy atom. The second-order valence-electron chi connectivity index (χ2n) is 4.13. The summed E-state index contributed by atoms with van der Waals surface area (Å²) in [5.41, 5.74) is 6.17. The molecule has 1 aromatic carbocycles. The van der Waals surface area contributed by atoms with Crippen molar-refractivity contribution in [1.29, 1.82) is 0 Å². The molecule has 0 saturated carbocycles. The Hall–Kier alpha value is -2.24. The summed E-state index contributed by atoms with van der Waals surface area (Å²) >= 11 is 0. The van der Waals surface area contributed by atoms with Crippen molar-refractivity contribution in [2.24, 2.45) is 0 Å². The van der Waals surface area contributed by atoms with Gasteiger partial charge in [-0.1, -0.05) is 6.07 Å². The molecule has 1 saturated heterocycles. The largest absolute Gasteiger partial charge is 0.484 e. The molecule has 6 heteroatoms. The number of nitrogens with two attached hydrogens (primary N) is 1. The molecular formula is C12H15N3O3. The van der Waals surface area contributed by atoms with Gasteiger partial charge in [-0.3, -0.25) is 9.59 Å². The molecule has 6 nitrogen and oxygen atoms in total. The van der Waals surface area contributed by atoms with Crippen LogP contribution in [0.2, 0.25) is 0 Å². The van der Waals surface area contributed by atoms with E-state index in [1.807, 2.05) is 0 Å². The zero-order valence-electron chi connectivity index (χ0n) is 9.81. The fraction of sp³-hybridized carbons (Fsp3) is 0.333. The first-order chi connectivity index (χ1) is 8.63. The lowest BCUT2D eigenvalue weighted by molar-refractivity contribution is -0.123. The molecule has 1 aromatic rings. The van der Waals surface area contributed by atoms with Crippen molar-refractivity contribution in [3.05, 3.63) is 24.3 Å². The van der Waals surface area contributed by atoms with Gasteiger partial charge in [0.05, 0.1) is 6.04 Å². The summed E-state index contributed by atoms with van der Waals surface area (Å²) < 4.78 is 5.29. The smallest absolute Gasteiger partial charge is 0.258 e. The Kier molecular flexibility index (Phi) is 3.66. The van der Waals surface area contributed by atoms with Gasteiger partial charge in [0, 0.05) is 24.7 Å². The van der Waals surface area contributed by atoms with E-state index in [-0.39, 0.29) is 24.5 Å². The van der Waals surface area contributed by atoms with E-state index in [0.29, 0.717) is 24.4 Å². The van der Waals surface area contributed by atoms with E-state index in [4.69, 9.17) is 10.5 Å². The van der Waals surface area contributed by atoms with E-state index >= 15 is 0 Å². The molecule has 1 aliphatic rings. The van der Waals surface area contributed by atoms with Gasteiger partial charge in [0.25, 0.3) is 5.91 Å². The van der Waals surface area contributed by atoms with E-state index in [9.17, 15) is 9.59 Å². The lowest BCUT2D eigenvalue weighted by atomic mass is 10.2. The van der Waals surface area contributed by atoms with Crippen LogP contribution < -0.4 is 21.1 Å². The maximum atomic E-state index is 11.6.